The summed E-state index contributed by atoms with van der Waals surface area (Å²) in [6, 6.07) is 21.4. The predicted octanol–water partition coefficient (Wildman–Crippen LogP) is 6.46. The number of benzene rings is 2. The molecule has 2 nitrogen and oxygen atoms in total. The third-order valence-electron chi connectivity index (χ3n) is 3.40. The first kappa shape index (κ1) is 16.4. The van der Waals surface area contributed by atoms with Crippen LogP contribution in [0.1, 0.15) is 16.9 Å². The van der Waals surface area contributed by atoms with Gasteiger partial charge in [-0.3, -0.25) is 0 Å². The van der Waals surface area contributed by atoms with Crippen LogP contribution in [0.3, 0.4) is 0 Å². The van der Waals surface area contributed by atoms with Gasteiger partial charge in [-0.1, -0.05) is 53.2 Å². The largest absolute Gasteiger partial charge is 0.450 e. The molecule has 1 aromatic heterocycles. The van der Waals surface area contributed by atoms with E-state index in [1.54, 1.807) is 30.0 Å². The van der Waals surface area contributed by atoms with Crippen molar-refractivity contribution in [3.8, 4) is 6.07 Å². The molecule has 1 heterocycles. The van der Waals surface area contributed by atoms with Crippen LogP contribution in [-0.2, 0) is 0 Å². The minimum atomic E-state index is 0.535. The molecular weight excluding hydrogens is 338 g/mol. The molecule has 0 N–H and O–H groups in total. The molecular formula is C20H14ClNOS. The summed E-state index contributed by atoms with van der Waals surface area (Å²) < 4.78 is 5.80. The lowest BCUT2D eigenvalue weighted by atomic mass is 10.1. The van der Waals surface area contributed by atoms with Gasteiger partial charge in [0.2, 0.25) is 0 Å². The van der Waals surface area contributed by atoms with Gasteiger partial charge < -0.3 is 4.42 Å². The molecule has 0 radical (unpaired) electrons. The molecule has 0 amide bonds. The maximum Gasteiger partial charge on any atom is 0.165 e. The number of nitriles is 1. The molecule has 0 atom stereocenters. The van der Waals surface area contributed by atoms with Crippen LogP contribution in [0, 0.1) is 18.3 Å². The monoisotopic (exact) mass is 351 g/mol. The second kappa shape index (κ2) is 7.44. The number of allylic oxidation sites excluding steroid dienone is 1. The number of aryl methyl sites for hydroxylation is 1. The zero-order valence-corrected chi connectivity index (χ0v) is 14.6. The molecule has 2 aromatic carbocycles. The van der Waals surface area contributed by atoms with Crippen molar-refractivity contribution in [1.29, 1.82) is 5.26 Å². The van der Waals surface area contributed by atoms with Crippen molar-refractivity contribution in [2.75, 3.05) is 0 Å². The van der Waals surface area contributed by atoms with Gasteiger partial charge in [-0.2, -0.15) is 5.26 Å². The molecule has 3 rings (SSSR count). The minimum absolute atomic E-state index is 0.535. The van der Waals surface area contributed by atoms with Crippen molar-refractivity contribution in [3.63, 3.8) is 0 Å². The van der Waals surface area contributed by atoms with Gasteiger partial charge >= 0.3 is 0 Å². The number of halogens is 1. The second-order valence-electron chi connectivity index (χ2n) is 5.25. The van der Waals surface area contributed by atoms with Crippen molar-refractivity contribution in [2.24, 2.45) is 0 Å². The summed E-state index contributed by atoms with van der Waals surface area (Å²) in [5, 5.41) is 10.8. The first-order chi connectivity index (χ1) is 11.6. The van der Waals surface area contributed by atoms with Gasteiger partial charge in [0.25, 0.3) is 0 Å². The molecule has 0 bridgehead atoms. The molecule has 118 valence electrons. The molecule has 24 heavy (non-hydrogen) atoms. The summed E-state index contributed by atoms with van der Waals surface area (Å²) in [5.41, 5.74) is 2.57. The zero-order chi connectivity index (χ0) is 16.9. The Kier molecular flexibility index (Phi) is 5.10. The Balaban J connectivity index is 1.80. The normalized spacial score (nSPS) is 11.3. The van der Waals surface area contributed by atoms with E-state index in [-0.39, 0.29) is 0 Å². The van der Waals surface area contributed by atoms with Crippen LogP contribution in [0.2, 0.25) is 5.02 Å². The summed E-state index contributed by atoms with van der Waals surface area (Å²) in [6.07, 6.45) is 1.74. The van der Waals surface area contributed by atoms with Crippen molar-refractivity contribution >= 4 is 35.0 Å². The van der Waals surface area contributed by atoms with Gasteiger partial charge in [-0.25, -0.2) is 0 Å². The van der Waals surface area contributed by atoms with Crippen LogP contribution in [0.4, 0.5) is 0 Å². The van der Waals surface area contributed by atoms with Crippen LogP contribution in [0.5, 0.6) is 0 Å². The van der Waals surface area contributed by atoms with E-state index in [4.69, 9.17) is 16.0 Å². The Morgan fingerprint density at radius 3 is 2.42 bits per heavy atom. The molecule has 4 heteroatoms. The number of rotatable bonds is 4. The highest BCUT2D eigenvalue weighted by Crippen LogP contribution is 2.30. The third-order valence-corrected chi connectivity index (χ3v) is 4.58. The van der Waals surface area contributed by atoms with Crippen LogP contribution >= 0.6 is 23.4 Å². The average Bonchev–Trinajstić information content (AvgIpc) is 3.03. The van der Waals surface area contributed by atoms with Crippen LogP contribution in [0.25, 0.3) is 11.6 Å². The van der Waals surface area contributed by atoms with Gasteiger partial charge in [0.15, 0.2) is 5.09 Å². The standard InChI is InChI=1S/C20H14ClNOS/c1-14-2-9-19(10-3-14)24-20-11-8-18(23-20)12-16(13-22)15-4-6-17(21)7-5-15/h2-12H,1H3/b16-12-. The molecule has 0 unspecified atom stereocenters. The van der Waals surface area contributed by atoms with E-state index >= 15 is 0 Å². The van der Waals surface area contributed by atoms with Crippen LogP contribution in [0.15, 0.2) is 75.1 Å². The summed E-state index contributed by atoms with van der Waals surface area (Å²) in [5.74, 6) is 0.649. The Morgan fingerprint density at radius 2 is 1.75 bits per heavy atom. The van der Waals surface area contributed by atoms with Gasteiger partial charge in [0.05, 0.1) is 11.6 Å². The molecule has 0 saturated carbocycles. The van der Waals surface area contributed by atoms with Crippen molar-refractivity contribution < 1.29 is 4.42 Å². The summed E-state index contributed by atoms with van der Waals surface area (Å²) >= 11 is 7.44. The van der Waals surface area contributed by atoms with E-state index < -0.39 is 0 Å². The Bertz CT molecular complexity index is 902. The Morgan fingerprint density at radius 1 is 1.04 bits per heavy atom. The smallest absolute Gasteiger partial charge is 0.165 e. The van der Waals surface area contributed by atoms with E-state index in [0.29, 0.717) is 16.4 Å². The van der Waals surface area contributed by atoms with Crippen molar-refractivity contribution in [1.82, 2.24) is 0 Å². The highest BCUT2D eigenvalue weighted by atomic mass is 35.5. The van der Waals surface area contributed by atoms with Gasteiger partial charge in [-0.15, -0.1) is 0 Å². The zero-order valence-electron chi connectivity index (χ0n) is 13.0. The van der Waals surface area contributed by atoms with E-state index in [2.05, 4.69) is 37.3 Å². The van der Waals surface area contributed by atoms with E-state index in [1.807, 2.05) is 24.3 Å². The van der Waals surface area contributed by atoms with Gasteiger partial charge in [0, 0.05) is 9.92 Å². The third kappa shape index (κ3) is 4.11. The number of hydrogen-bond acceptors (Lipinski definition) is 3. The van der Waals surface area contributed by atoms with Gasteiger partial charge in [-0.05, 0) is 55.0 Å². The fraction of sp³-hybridized carbons (Fsp3) is 0.0500. The lowest BCUT2D eigenvalue weighted by molar-refractivity contribution is 0.466. The Labute approximate surface area is 150 Å². The van der Waals surface area contributed by atoms with Crippen molar-refractivity contribution in [2.45, 2.75) is 16.9 Å². The summed E-state index contributed by atoms with van der Waals surface area (Å²) in [6.45, 7) is 2.06. The number of furan rings is 1. The second-order valence-corrected chi connectivity index (χ2v) is 6.76. The quantitative estimate of drug-likeness (QED) is 0.506. The van der Waals surface area contributed by atoms with Crippen LogP contribution in [-0.4, -0.2) is 0 Å². The SMILES string of the molecule is Cc1ccc(Sc2ccc(/C=C(/C#N)c3ccc(Cl)cc3)o2)cc1. The minimum Gasteiger partial charge on any atom is -0.450 e. The number of hydrogen-bond donors (Lipinski definition) is 0. The van der Waals surface area contributed by atoms with E-state index in [1.165, 1.54) is 5.56 Å². The van der Waals surface area contributed by atoms with Crippen LogP contribution < -0.4 is 0 Å². The lowest BCUT2D eigenvalue weighted by Crippen LogP contribution is -1.80. The molecule has 0 aliphatic rings. The van der Waals surface area contributed by atoms with Gasteiger partial charge in [0.1, 0.15) is 5.76 Å². The molecule has 0 aliphatic carbocycles. The molecule has 0 spiro atoms. The molecule has 0 fully saturated rings. The first-order valence-electron chi connectivity index (χ1n) is 7.36. The maximum atomic E-state index is 9.38. The number of nitrogens with zero attached hydrogens (tertiary/aromatic N) is 1. The topological polar surface area (TPSA) is 36.9 Å². The predicted molar refractivity (Wildman–Crippen MR) is 98.9 cm³/mol. The fourth-order valence-electron chi connectivity index (χ4n) is 2.14. The molecule has 3 aromatic rings. The first-order valence-corrected chi connectivity index (χ1v) is 8.55. The lowest BCUT2D eigenvalue weighted by Gasteiger charge is -1.99. The van der Waals surface area contributed by atoms with E-state index in [9.17, 15) is 5.26 Å². The van der Waals surface area contributed by atoms with E-state index in [0.717, 1.165) is 15.6 Å². The maximum absolute atomic E-state index is 9.38. The summed E-state index contributed by atoms with van der Waals surface area (Å²) in [7, 11) is 0. The highest BCUT2D eigenvalue weighted by molar-refractivity contribution is 7.99. The molecule has 0 saturated heterocycles. The fourth-order valence-corrected chi connectivity index (χ4v) is 3.05. The van der Waals surface area contributed by atoms with Crippen molar-refractivity contribution in [3.05, 3.63) is 82.6 Å². The highest BCUT2D eigenvalue weighted by Gasteiger charge is 2.06. The average molecular weight is 352 g/mol. The Hall–Kier alpha value is -2.41. The molecule has 0 aliphatic heterocycles. The summed E-state index contributed by atoms with van der Waals surface area (Å²) in [4.78, 5) is 1.11.